The van der Waals surface area contributed by atoms with Crippen LogP contribution in [0, 0.1) is 11.8 Å². The van der Waals surface area contributed by atoms with Crippen LogP contribution in [0.1, 0.15) is 31.7 Å². The van der Waals surface area contributed by atoms with Gasteiger partial charge in [-0.2, -0.15) is 0 Å². The maximum absolute atomic E-state index is 12.4. The van der Waals surface area contributed by atoms with E-state index in [1.54, 1.807) is 24.3 Å². The lowest BCUT2D eigenvalue weighted by atomic mass is 9.84. The van der Waals surface area contributed by atoms with Gasteiger partial charge in [0.15, 0.2) is 0 Å². The molecule has 1 fully saturated rings. The van der Waals surface area contributed by atoms with Crippen molar-refractivity contribution >= 4 is 15.9 Å². The SMILES string of the molecule is CC(CC(=O)NCc1ccccc1S(=O)(=O)N(C)C)C1CCNCC1. The normalized spacial score (nSPS) is 17.4. The maximum atomic E-state index is 12.4. The van der Waals surface area contributed by atoms with E-state index in [2.05, 4.69) is 17.6 Å². The Bertz CT molecular complexity index is 683. The average Bonchev–Trinajstić information content (AvgIpc) is 2.60. The van der Waals surface area contributed by atoms with Crippen LogP contribution >= 0.6 is 0 Å². The van der Waals surface area contributed by atoms with Crippen LogP contribution in [0.4, 0.5) is 0 Å². The number of nitrogens with one attached hydrogen (secondary N) is 2. The molecule has 0 aliphatic carbocycles. The largest absolute Gasteiger partial charge is 0.352 e. The molecule has 1 amide bonds. The quantitative estimate of drug-likeness (QED) is 0.767. The summed E-state index contributed by atoms with van der Waals surface area (Å²) in [5, 5.41) is 6.22. The van der Waals surface area contributed by atoms with Crippen LogP contribution in [0.25, 0.3) is 0 Å². The maximum Gasteiger partial charge on any atom is 0.242 e. The second kappa shape index (κ2) is 8.78. The molecule has 6 nitrogen and oxygen atoms in total. The number of nitrogens with zero attached hydrogens (tertiary/aromatic N) is 1. The molecule has 140 valence electrons. The number of hydrogen-bond donors (Lipinski definition) is 2. The van der Waals surface area contributed by atoms with Gasteiger partial charge in [-0.25, -0.2) is 12.7 Å². The molecule has 7 heteroatoms. The Morgan fingerprint density at radius 2 is 1.92 bits per heavy atom. The number of benzene rings is 1. The minimum Gasteiger partial charge on any atom is -0.352 e. The molecule has 1 heterocycles. The van der Waals surface area contributed by atoms with Crippen molar-refractivity contribution < 1.29 is 13.2 Å². The standard InChI is InChI=1S/C18H29N3O3S/c1-14(15-8-10-19-11-9-15)12-18(22)20-13-16-6-4-5-7-17(16)25(23,24)21(2)3/h4-7,14-15,19H,8-13H2,1-3H3,(H,20,22). The molecule has 25 heavy (non-hydrogen) atoms. The van der Waals surface area contributed by atoms with Crippen molar-refractivity contribution in [2.45, 2.75) is 37.6 Å². The molecule has 1 aromatic rings. The van der Waals surface area contributed by atoms with E-state index in [1.165, 1.54) is 18.4 Å². The van der Waals surface area contributed by atoms with Crippen molar-refractivity contribution in [2.24, 2.45) is 11.8 Å². The number of sulfonamides is 1. The average molecular weight is 368 g/mol. The van der Waals surface area contributed by atoms with Gasteiger partial charge < -0.3 is 10.6 Å². The number of carbonyl (C=O) groups is 1. The van der Waals surface area contributed by atoms with Gasteiger partial charge in [0.05, 0.1) is 4.90 Å². The van der Waals surface area contributed by atoms with Crippen LogP contribution in [0.5, 0.6) is 0 Å². The van der Waals surface area contributed by atoms with Crippen molar-refractivity contribution in [3.8, 4) is 0 Å². The van der Waals surface area contributed by atoms with E-state index in [0.717, 1.165) is 25.9 Å². The third kappa shape index (κ3) is 5.26. The number of piperidine rings is 1. The number of hydrogen-bond acceptors (Lipinski definition) is 4. The van der Waals surface area contributed by atoms with Crippen LogP contribution < -0.4 is 10.6 Å². The Hall–Kier alpha value is -1.44. The van der Waals surface area contributed by atoms with Gasteiger partial charge in [-0.05, 0) is 49.4 Å². The summed E-state index contributed by atoms with van der Waals surface area (Å²) < 4.78 is 26.0. The van der Waals surface area contributed by atoms with E-state index in [4.69, 9.17) is 0 Å². The van der Waals surface area contributed by atoms with E-state index in [9.17, 15) is 13.2 Å². The lowest BCUT2D eigenvalue weighted by Gasteiger charge is -2.27. The van der Waals surface area contributed by atoms with Gasteiger partial charge in [-0.1, -0.05) is 25.1 Å². The minimum absolute atomic E-state index is 0.0249. The van der Waals surface area contributed by atoms with Crippen molar-refractivity contribution in [3.63, 3.8) is 0 Å². The highest BCUT2D eigenvalue weighted by molar-refractivity contribution is 7.89. The molecule has 1 aliphatic heterocycles. The predicted molar refractivity (Wildman–Crippen MR) is 98.5 cm³/mol. The monoisotopic (exact) mass is 367 g/mol. The van der Waals surface area contributed by atoms with Crippen LogP contribution in [0.15, 0.2) is 29.2 Å². The molecule has 2 N–H and O–H groups in total. The van der Waals surface area contributed by atoms with Crippen molar-refractivity contribution in [3.05, 3.63) is 29.8 Å². The van der Waals surface area contributed by atoms with Gasteiger partial charge in [0.25, 0.3) is 0 Å². The summed E-state index contributed by atoms with van der Waals surface area (Å²) in [5.41, 5.74) is 0.610. The zero-order valence-corrected chi connectivity index (χ0v) is 16.1. The molecule has 0 radical (unpaired) electrons. The van der Waals surface area contributed by atoms with E-state index < -0.39 is 10.0 Å². The second-order valence-electron chi connectivity index (χ2n) is 6.94. The summed E-state index contributed by atoms with van der Waals surface area (Å²) in [6.45, 7) is 4.39. The first-order valence-corrected chi connectivity index (χ1v) is 10.2. The first-order chi connectivity index (χ1) is 11.8. The van der Waals surface area contributed by atoms with Crippen molar-refractivity contribution in [1.82, 2.24) is 14.9 Å². The van der Waals surface area contributed by atoms with Crippen molar-refractivity contribution in [2.75, 3.05) is 27.2 Å². The minimum atomic E-state index is -3.52. The van der Waals surface area contributed by atoms with Crippen LogP contribution in [0.3, 0.4) is 0 Å². The fourth-order valence-corrected chi connectivity index (χ4v) is 4.35. The Labute approximate surface area is 151 Å². The lowest BCUT2D eigenvalue weighted by Crippen LogP contribution is -2.33. The number of amides is 1. The summed E-state index contributed by atoms with van der Waals surface area (Å²) in [6.07, 6.45) is 2.70. The van der Waals surface area contributed by atoms with Crippen LogP contribution in [0.2, 0.25) is 0 Å². The molecule has 1 unspecified atom stereocenters. The zero-order valence-electron chi connectivity index (χ0n) is 15.3. The van der Waals surface area contributed by atoms with Gasteiger partial charge in [0.1, 0.15) is 0 Å². The topological polar surface area (TPSA) is 78.5 Å². The predicted octanol–water partition coefficient (Wildman–Crippen LogP) is 1.58. The highest BCUT2D eigenvalue weighted by atomic mass is 32.2. The Morgan fingerprint density at radius 3 is 2.56 bits per heavy atom. The van der Waals surface area contributed by atoms with E-state index in [-0.39, 0.29) is 17.3 Å². The van der Waals surface area contributed by atoms with E-state index in [0.29, 0.717) is 23.8 Å². The molecule has 0 aromatic heterocycles. The fraction of sp³-hybridized carbons (Fsp3) is 0.611. The summed E-state index contributed by atoms with van der Waals surface area (Å²) in [6, 6.07) is 6.80. The van der Waals surface area contributed by atoms with Gasteiger partial charge in [-0.3, -0.25) is 4.79 Å². The van der Waals surface area contributed by atoms with Gasteiger partial charge in [0, 0.05) is 27.1 Å². The summed E-state index contributed by atoms with van der Waals surface area (Å²) in [4.78, 5) is 12.5. The smallest absolute Gasteiger partial charge is 0.242 e. The highest BCUT2D eigenvalue weighted by Crippen LogP contribution is 2.24. The third-order valence-electron chi connectivity index (χ3n) is 4.90. The molecule has 0 saturated carbocycles. The summed E-state index contributed by atoms with van der Waals surface area (Å²) in [7, 11) is -0.510. The van der Waals surface area contributed by atoms with Crippen LogP contribution in [-0.4, -0.2) is 45.8 Å². The number of carbonyl (C=O) groups excluding carboxylic acids is 1. The molecule has 0 bridgehead atoms. The van der Waals surface area contributed by atoms with Crippen LogP contribution in [-0.2, 0) is 21.4 Å². The zero-order chi connectivity index (χ0) is 18.4. The van der Waals surface area contributed by atoms with Gasteiger partial charge >= 0.3 is 0 Å². The molecular formula is C18H29N3O3S. The molecule has 2 rings (SSSR count). The molecular weight excluding hydrogens is 338 g/mol. The molecule has 1 aromatic carbocycles. The first-order valence-electron chi connectivity index (χ1n) is 8.80. The molecule has 1 aliphatic rings. The fourth-order valence-electron chi connectivity index (χ4n) is 3.24. The number of rotatable bonds is 7. The summed E-state index contributed by atoms with van der Waals surface area (Å²) >= 11 is 0. The molecule has 1 atom stereocenters. The highest BCUT2D eigenvalue weighted by Gasteiger charge is 2.23. The first kappa shape index (κ1) is 19.9. The van der Waals surface area contributed by atoms with Gasteiger partial charge in [0.2, 0.25) is 15.9 Å². The second-order valence-corrected chi connectivity index (χ2v) is 9.06. The Morgan fingerprint density at radius 1 is 1.28 bits per heavy atom. The van der Waals surface area contributed by atoms with Crippen molar-refractivity contribution in [1.29, 1.82) is 0 Å². The van der Waals surface area contributed by atoms with Gasteiger partial charge in [-0.15, -0.1) is 0 Å². The third-order valence-corrected chi connectivity index (χ3v) is 6.82. The van der Waals surface area contributed by atoms with E-state index >= 15 is 0 Å². The Kier molecular flexibility index (Phi) is 6.98. The molecule has 0 spiro atoms. The van der Waals surface area contributed by atoms with E-state index in [1.807, 2.05) is 0 Å². The Balaban J connectivity index is 1.96. The lowest BCUT2D eigenvalue weighted by molar-refractivity contribution is -0.122. The molecule has 1 saturated heterocycles. The summed E-state index contributed by atoms with van der Waals surface area (Å²) in [5.74, 6) is 0.888.